The van der Waals surface area contributed by atoms with Crippen LogP contribution in [0.1, 0.15) is 23.6 Å². The molecule has 3 N–H and O–H groups in total. The summed E-state index contributed by atoms with van der Waals surface area (Å²) in [6, 6.07) is 10.3. The topological polar surface area (TPSA) is 59.6 Å². The monoisotopic (exact) mass is 287 g/mol. The van der Waals surface area contributed by atoms with Gasteiger partial charge in [0.15, 0.2) is 5.96 Å². The zero-order valence-electron chi connectivity index (χ0n) is 11.1. The van der Waals surface area contributed by atoms with Crippen LogP contribution in [0.3, 0.4) is 0 Å². The summed E-state index contributed by atoms with van der Waals surface area (Å²) in [5.41, 5.74) is 8.31. The lowest BCUT2D eigenvalue weighted by molar-refractivity contribution is 0.262. The summed E-state index contributed by atoms with van der Waals surface area (Å²) in [6.07, 6.45) is 0.895. The van der Waals surface area contributed by atoms with E-state index in [0.717, 1.165) is 17.7 Å². The van der Waals surface area contributed by atoms with Crippen LogP contribution < -0.4 is 15.8 Å². The predicted octanol–water partition coefficient (Wildman–Crippen LogP) is 2.68. The Labute approximate surface area is 122 Å². The number of thiophene rings is 1. The van der Waals surface area contributed by atoms with Gasteiger partial charge in [-0.1, -0.05) is 18.2 Å². The summed E-state index contributed by atoms with van der Waals surface area (Å²) in [5, 5.41) is 7.42. The van der Waals surface area contributed by atoms with Gasteiger partial charge in [0, 0.05) is 12.0 Å². The van der Waals surface area contributed by atoms with E-state index in [1.807, 2.05) is 23.6 Å². The van der Waals surface area contributed by atoms with E-state index in [1.165, 1.54) is 5.56 Å². The molecule has 0 bridgehead atoms. The molecule has 1 atom stereocenters. The number of para-hydroxylation sites is 1. The zero-order chi connectivity index (χ0) is 13.8. The highest BCUT2D eigenvalue weighted by atomic mass is 32.1. The molecule has 1 aliphatic rings. The van der Waals surface area contributed by atoms with Crippen molar-refractivity contribution in [3.63, 3.8) is 0 Å². The molecule has 0 saturated carbocycles. The number of nitrogens with two attached hydrogens (primary N) is 1. The minimum atomic E-state index is 0.172. The lowest BCUT2D eigenvalue weighted by Gasteiger charge is -2.26. The fraction of sp³-hybridized carbons (Fsp3) is 0.267. The quantitative estimate of drug-likeness (QED) is 0.674. The molecule has 3 rings (SSSR count). The Hall–Kier alpha value is -2.01. The molecule has 0 spiro atoms. The van der Waals surface area contributed by atoms with E-state index in [4.69, 9.17) is 10.5 Å². The van der Waals surface area contributed by atoms with Crippen LogP contribution in [-0.4, -0.2) is 12.6 Å². The molecule has 2 aromatic rings. The number of hydrogen-bond acceptors (Lipinski definition) is 3. The maximum atomic E-state index is 5.98. The van der Waals surface area contributed by atoms with Crippen molar-refractivity contribution in [2.24, 2.45) is 10.7 Å². The number of fused-ring (bicyclic) bond motifs is 1. The molecule has 5 heteroatoms. The number of aliphatic imine (C=N–C) groups is 1. The lowest BCUT2D eigenvalue weighted by atomic mass is 10.0. The fourth-order valence-electron chi connectivity index (χ4n) is 2.28. The molecule has 1 aromatic carbocycles. The van der Waals surface area contributed by atoms with E-state index in [-0.39, 0.29) is 6.04 Å². The van der Waals surface area contributed by atoms with Crippen molar-refractivity contribution < 1.29 is 4.74 Å². The molecule has 0 saturated heterocycles. The van der Waals surface area contributed by atoms with Gasteiger partial charge in [-0.05, 0) is 28.5 Å². The Kier molecular flexibility index (Phi) is 3.87. The molecular formula is C15H17N3OS. The van der Waals surface area contributed by atoms with Crippen LogP contribution in [0, 0.1) is 0 Å². The molecule has 20 heavy (non-hydrogen) atoms. The first-order valence-electron chi connectivity index (χ1n) is 6.62. The largest absolute Gasteiger partial charge is 0.493 e. The van der Waals surface area contributed by atoms with Crippen molar-refractivity contribution in [3.8, 4) is 5.75 Å². The lowest BCUT2D eigenvalue weighted by Crippen LogP contribution is -2.37. The van der Waals surface area contributed by atoms with Crippen molar-refractivity contribution in [3.05, 3.63) is 52.2 Å². The maximum Gasteiger partial charge on any atom is 0.189 e. The third kappa shape index (κ3) is 2.93. The highest BCUT2D eigenvalue weighted by Gasteiger charge is 2.21. The predicted molar refractivity (Wildman–Crippen MR) is 82.1 cm³/mol. The standard InChI is InChI=1S/C15H17N3OS/c16-15(17-9-11-6-8-20-10-11)18-13-5-7-19-14-4-2-1-3-12(13)14/h1-4,6,8,10,13H,5,7,9H2,(H3,16,17,18). The molecule has 104 valence electrons. The SMILES string of the molecule is NC(=NCc1ccsc1)NC1CCOc2ccccc21. The Morgan fingerprint density at radius 2 is 2.30 bits per heavy atom. The van der Waals surface area contributed by atoms with E-state index in [0.29, 0.717) is 19.1 Å². The Morgan fingerprint density at radius 3 is 3.15 bits per heavy atom. The van der Waals surface area contributed by atoms with Crippen LogP contribution in [0.25, 0.3) is 0 Å². The highest BCUT2D eigenvalue weighted by molar-refractivity contribution is 7.07. The summed E-state index contributed by atoms with van der Waals surface area (Å²) in [7, 11) is 0. The van der Waals surface area contributed by atoms with E-state index in [1.54, 1.807) is 11.3 Å². The molecule has 0 radical (unpaired) electrons. The second kappa shape index (κ2) is 5.96. The Morgan fingerprint density at radius 1 is 1.40 bits per heavy atom. The highest BCUT2D eigenvalue weighted by Crippen LogP contribution is 2.31. The third-order valence-corrected chi connectivity index (χ3v) is 4.02. The van der Waals surface area contributed by atoms with Gasteiger partial charge in [-0.25, -0.2) is 4.99 Å². The van der Waals surface area contributed by atoms with Gasteiger partial charge < -0.3 is 15.8 Å². The van der Waals surface area contributed by atoms with Crippen molar-refractivity contribution in [2.75, 3.05) is 6.61 Å². The van der Waals surface area contributed by atoms with Crippen LogP contribution >= 0.6 is 11.3 Å². The van der Waals surface area contributed by atoms with Crippen LogP contribution in [0.4, 0.5) is 0 Å². The van der Waals surface area contributed by atoms with Crippen molar-refractivity contribution >= 4 is 17.3 Å². The average Bonchev–Trinajstić information content (AvgIpc) is 2.99. The molecule has 0 amide bonds. The minimum absolute atomic E-state index is 0.172. The molecule has 0 fully saturated rings. The van der Waals surface area contributed by atoms with Gasteiger partial charge in [0.05, 0.1) is 19.2 Å². The molecule has 4 nitrogen and oxygen atoms in total. The molecule has 0 aliphatic carbocycles. The van der Waals surface area contributed by atoms with Gasteiger partial charge in [0.1, 0.15) is 5.75 Å². The molecule has 1 aliphatic heterocycles. The van der Waals surface area contributed by atoms with Gasteiger partial charge >= 0.3 is 0 Å². The van der Waals surface area contributed by atoms with E-state index in [2.05, 4.69) is 27.8 Å². The average molecular weight is 287 g/mol. The first-order valence-corrected chi connectivity index (χ1v) is 7.56. The number of nitrogens with one attached hydrogen (secondary N) is 1. The van der Waals surface area contributed by atoms with Crippen molar-refractivity contribution in [1.82, 2.24) is 5.32 Å². The number of hydrogen-bond donors (Lipinski definition) is 2. The Balaban J connectivity index is 1.67. The third-order valence-electron chi connectivity index (χ3n) is 3.29. The van der Waals surface area contributed by atoms with Crippen LogP contribution in [0.2, 0.25) is 0 Å². The summed E-state index contributed by atoms with van der Waals surface area (Å²) >= 11 is 1.67. The summed E-state index contributed by atoms with van der Waals surface area (Å²) in [4.78, 5) is 4.38. The number of nitrogens with zero attached hydrogens (tertiary/aromatic N) is 1. The molecular weight excluding hydrogens is 270 g/mol. The fourth-order valence-corrected chi connectivity index (χ4v) is 2.94. The number of guanidine groups is 1. The van der Waals surface area contributed by atoms with Gasteiger partial charge in [-0.3, -0.25) is 0 Å². The van der Waals surface area contributed by atoms with Gasteiger partial charge in [-0.2, -0.15) is 11.3 Å². The van der Waals surface area contributed by atoms with E-state index in [9.17, 15) is 0 Å². The maximum absolute atomic E-state index is 5.98. The van der Waals surface area contributed by atoms with Crippen LogP contribution in [0.5, 0.6) is 5.75 Å². The molecule has 1 aromatic heterocycles. The summed E-state index contributed by atoms with van der Waals surface area (Å²) in [5.74, 6) is 1.42. The Bertz CT molecular complexity index is 595. The van der Waals surface area contributed by atoms with Gasteiger partial charge in [0.25, 0.3) is 0 Å². The summed E-state index contributed by atoms with van der Waals surface area (Å²) < 4.78 is 5.63. The number of rotatable bonds is 3. The van der Waals surface area contributed by atoms with E-state index >= 15 is 0 Å². The van der Waals surface area contributed by atoms with Crippen LogP contribution in [-0.2, 0) is 6.54 Å². The molecule has 1 unspecified atom stereocenters. The number of ether oxygens (including phenoxy) is 1. The van der Waals surface area contributed by atoms with Gasteiger partial charge in [-0.15, -0.1) is 0 Å². The number of benzene rings is 1. The van der Waals surface area contributed by atoms with Crippen LogP contribution in [0.15, 0.2) is 46.1 Å². The van der Waals surface area contributed by atoms with E-state index < -0.39 is 0 Å². The second-order valence-electron chi connectivity index (χ2n) is 4.70. The smallest absolute Gasteiger partial charge is 0.189 e. The van der Waals surface area contributed by atoms with Crippen molar-refractivity contribution in [2.45, 2.75) is 19.0 Å². The van der Waals surface area contributed by atoms with Crippen molar-refractivity contribution in [1.29, 1.82) is 0 Å². The molecule has 2 heterocycles. The second-order valence-corrected chi connectivity index (χ2v) is 5.48. The minimum Gasteiger partial charge on any atom is -0.493 e. The first kappa shape index (κ1) is 13.0. The first-order chi connectivity index (χ1) is 9.83. The summed E-state index contributed by atoms with van der Waals surface area (Å²) in [6.45, 7) is 1.32. The normalized spacial score (nSPS) is 18.2. The zero-order valence-corrected chi connectivity index (χ0v) is 11.9. The van der Waals surface area contributed by atoms with Gasteiger partial charge in [0.2, 0.25) is 0 Å².